The lowest BCUT2D eigenvalue weighted by Gasteiger charge is -2.24. The van der Waals surface area contributed by atoms with Crippen LogP contribution in [0.2, 0.25) is 0 Å². The van der Waals surface area contributed by atoms with Gasteiger partial charge in [0, 0.05) is 18.7 Å². The van der Waals surface area contributed by atoms with Gasteiger partial charge >= 0.3 is 0 Å². The minimum atomic E-state index is -3.80. The van der Waals surface area contributed by atoms with Gasteiger partial charge in [0.25, 0.3) is 0 Å². The van der Waals surface area contributed by atoms with Crippen molar-refractivity contribution in [3.63, 3.8) is 0 Å². The number of amides is 1. The second-order valence-electron chi connectivity index (χ2n) is 9.16. The van der Waals surface area contributed by atoms with Crippen molar-refractivity contribution in [3.8, 4) is 0 Å². The lowest BCUT2D eigenvalue weighted by molar-refractivity contribution is 0.0970. The molecule has 0 saturated carbocycles. The summed E-state index contributed by atoms with van der Waals surface area (Å²) in [5.41, 5.74) is 5.22. The molecule has 0 heterocycles. The van der Waals surface area contributed by atoms with Crippen LogP contribution in [-0.2, 0) is 28.5 Å². The quantitative estimate of drug-likeness (QED) is 0.502. The molecular formula is C26H29N2O4S-. The average molecular weight is 466 g/mol. The fourth-order valence-electron chi connectivity index (χ4n) is 3.42. The SMILES string of the molecule is Cc1ccc(CN(Cc2ccc(C(=O)N[O-])cc2)S(=O)(=O)c2ccc(C(C)(C)C)cc2)cc1. The molecule has 1 N–H and O–H groups in total. The largest absolute Gasteiger partial charge is 0.759 e. The molecule has 3 aromatic rings. The smallest absolute Gasteiger partial charge is 0.243 e. The van der Waals surface area contributed by atoms with E-state index in [9.17, 15) is 18.4 Å². The summed E-state index contributed by atoms with van der Waals surface area (Å²) in [5, 5.41) is 10.6. The fourth-order valence-corrected chi connectivity index (χ4v) is 4.84. The van der Waals surface area contributed by atoms with Crippen LogP contribution in [0.4, 0.5) is 0 Å². The normalized spacial score (nSPS) is 12.1. The number of rotatable bonds is 7. The molecule has 0 unspecified atom stereocenters. The van der Waals surface area contributed by atoms with E-state index in [1.165, 1.54) is 21.9 Å². The van der Waals surface area contributed by atoms with Crippen molar-refractivity contribution in [2.45, 2.75) is 51.1 Å². The van der Waals surface area contributed by atoms with Gasteiger partial charge in [0.1, 0.15) is 0 Å². The van der Waals surface area contributed by atoms with Crippen LogP contribution in [0.15, 0.2) is 77.7 Å². The molecule has 0 aromatic heterocycles. The fraction of sp³-hybridized carbons (Fsp3) is 0.269. The number of carbonyl (C=O) groups excluding carboxylic acids is 1. The third kappa shape index (κ3) is 6.07. The Hall–Kier alpha value is -3.00. The predicted octanol–water partition coefficient (Wildman–Crippen LogP) is 4.91. The summed E-state index contributed by atoms with van der Waals surface area (Å²) in [6, 6.07) is 21.1. The highest BCUT2D eigenvalue weighted by molar-refractivity contribution is 7.89. The highest BCUT2D eigenvalue weighted by Gasteiger charge is 2.26. The third-order valence-corrected chi connectivity index (χ3v) is 7.31. The molecule has 0 bridgehead atoms. The lowest BCUT2D eigenvalue weighted by atomic mass is 9.87. The van der Waals surface area contributed by atoms with Crippen molar-refractivity contribution in [1.29, 1.82) is 0 Å². The minimum Gasteiger partial charge on any atom is -0.759 e. The molecule has 3 aromatic carbocycles. The van der Waals surface area contributed by atoms with Crippen LogP contribution < -0.4 is 5.48 Å². The Bertz CT molecular complexity index is 1200. The second kappa shape index (κ2) is 9.87. The zero-order chi connectivity index (χ0) is 24.2. The van der Waals surface area contributed by atoms with Crippen molar-refractivity contribution in [1.82, 2.24) is 9.79 Å². The first-order chi connectivity index (χ1) is 15.5. The molecule has 1 amide bonds. The van der Waals surface area contributed by atoms with E-state index in [2.05, 4.69) is 20.8 Å². The first-order valence-corrected chi connectivity index (χ1v) is 12.1. The number of hydrogen-bond donors (Lipinski definition) is 1. The third-order valence-electron chi connectivity index (χ3n) is 5.51. The molecule has 174 valence electrons. The Balaban J connectivity index is 1.95. The van der Waals surface area contributed by atoms with Crippen LogP contribution in [0, 0.1) is 12.1 Å². The Morgan fingerprint density at radius 1 is 0.848 bits per heavy atom. The van der Waals surface area contributed by atoms with Crippen molar-refractivity contribution >= 4 is 15.9 Å². The predicted molar refractivity (Wildman–Crippen MR) is 130 cm³/mol. The number of aryl methyl sites for hydroxylation is 1. The van der Waals surface area contributed by atoms with Crippen LogP contribution in [0.5, 0.6) is 0 Å². The highest BCUT2D eigenvalue weighted by Crippen LogP contribution is 2.26. The molecule has 6 nitrogen and oxygen atoms in total. The maximum Gasteiger partial charge on any atom is 0.243 e. The van der Waals surface area contributed by atoms with Gasteiger partial charge in [0.15, 0.2) is 0 Å². The van der Waals surface area contributed by atoms with E-state index in [-0.39, 0.29) is 29.0 Å². The second-order valence-corrected chi connectivity index (χ2v) is 11.1. The topological polar surface area (TPSA) is 89.5 Å². The number of hydrogen-bond acceptors (Lipinski definition) is 4. The van der Waals surface area contributed by atoms with Gasteiger partial charge in [-0.1, -0.05) is 74.9 Å². The Kier molecular flexibility index (Phi) is 7.37. The van der Waals surface area contributed by atoms with Crippen molar-refractivity contribution in [3.05, 3.63) is 106 Å². The zero-order valence-corrected chi connectivity index (χ0v) is 20.1. The monoisotopic (exact) mass is 465 g/mol. The van der Waals surface area contributed by atoms with Gasteiger partial charge in [-0.25, -0.2) is 8.42 Å². The first kappa shape index (κ1) is 24.6. The van der Waals surface area contributed by atoms with Gasteiger partial charge in [0.05, 0.1) is 4.90 Å². The minimum absolute atomic E-state index is 0.0813. The first-order valence-electron chi connectivity index (χ1n) is 10.7. The molecule has 0 atom stereocenters. The molecule has 0 aliphatic rings. The summed E-state index contributed by atoms with van der Waals surface area (Å²) in [7, 11) is -3.80. The van der Waals surface area contributed by atoms with Crippen LogP contribution in [0.3, 0.4) is 0 Å². The lowest BCUT2D eigenvalue weighted by Crippen LogP contribution is -2.30. The van der Waals surface area contributed by atoms with E-state index < -0.39 is 15.9 Å². The van der Waals surface area contributed by atoms with Crippen molar-refractivity contribution < 1.29 is 13.2 Å². The van der Waals surface area contributed by atoms with Crippen LogP contribution in [-0.4, -0.2) is 18.6 Å². The van der Waals surface area contributed by atoms with Gasteiger partial charge in [-0.3, -0.25) is 4.79 Å². The van der Waals surface area contributed by atoms with Crippen molar-refractivity contribution in [2.24, 2.45) is 0 Å². The molecule has 7 heteroatoms. The molecule has 0 aliphatic carbocycles. The van der Waals surface area contributed by atoms with Crippen LogP contribution in [0.25, 0.3) is 0 Å². The molecule has 0 aliphatic heterocycles. The summed E-state index contributed by atoms with van der Waals surface area (Å²) >= 11 is 0. The molecule has 3 rings (SSSR count). The number of nitrogens with zero attached hydrogens (tertiary/aromatic N) is 1. The molecule has 0 spiro atoms. The number of hydroxylamine groups is 1. The number of benzene rings is 3. The van der Waals surface area contributed by atoms with E-state index in [0.717, 1.165) is 16.7 Å². The summed E-state index contributed by atoms with van der Waals surface area (Å²) in [6.07, 6.45) is 0. The molecule has 0 saturated heterocycles. The average Bonchev–Trinajstić information content (AvgIpc) is 2.79. The number of sulfonamides is 1. The summed E-state index contributed by atoms with van der Waals surface area (Å²) in [6.45, 7) is 8.54. The summed E-state index contributed by atoms with van der Waals surface area (Å²) in [4.78, 5) is 11.8. The van der Waals surface area contributed by atoms with Gasteiger partial charge in [-0.2, -0.15) is 4.31 Å². The Morgan fingerprint density at radius 2 is 1.33 bits per heavy atom. The van der Waals surface area contributed by atoms with Crippen molar-refractivity contribution in [2.75, 3.05) is 0 Å². The van der Waals surface area contributed by atoms with Gasteiger partial charge < -0.3 is 10.7 Å². The van der Waals surface area contributed by atoms with Gasteiger partial charge in [-0.05, 0) is 53.3 Å². The van der Waals surface area contributed by atoms with Crippen LogP contribution >= 0.6 is 0 Å². The standard InChI is InChI=1S/C26H29N2O4S/c1-19-5-7-20(8-6-19)17-28(18-21-9-11-22(12-10-21)25(29)27-30)33(31,32)24-15-13-23(14-16-24)26(2,3)4/h5-16H,17-18H2,1-4H3,(H-,27,29,30)/q-1. The number of carbonyl (C=O) groups is 1. The van der Waals surface area contributed by atoms with Gasteiger partial charge in [0.2, 0.25) is 15.9 Å². The molecule has 0 fully saturated rings. The van der Waals surface area contributed by atoms with E-state index in [1.807, 2.05) is 43.3 Å². The summed E-state index contributed by atoms with van der Waals surface area (Å²) in [5.74, 6) is -0.732. The number of nitrogens with one attached hydrogen (secondary N) is 1. The molecule has 33 heavy (non-hydrogen) atoms. The van der Waals surface area contributed by atoms with Gasteiger partial charge in [-0.15, -0.1) is 0 Å². The van der Waals surface area contributed by atoms with E-state index in [1.54, 1.807) is 24.3 Å². The Morgan fingerprint density at radius 3 is 1.79 bits per heavy atom. The molecular weight excluding hydrogens is 436 g/mol. The zero-order valence-electron chi connectivity index (χ0n) is 19.3. The van der Waals surface area contributed by atoms with E-state index in [4.69, 9.17) is 0 Å². The van der Waals surface area contributed by atoms with E-state index in [0.29, 0.717) is 5.56 Å². The summed E-state index contributed by atoms with van der Waals surface area (Å²) < 4.78 is 28.6. The maximum absolute atomic E-state index is 13.6. The van der Waals surface area contributed by atoms with Crippen LogP contribution in [0.1, 0.15) is 53.4 Å². The Labute approximate surface area is 195 Å². The molecule has 0 radical (unpaired) electrons. The van der Waals surface area contributed by atoms with E-state index >= 15 is 0 Å². The maximum atomic E-state index is 13.6. The highest BCUT2D eigenvalue weighted by atomic mass is 32.2.